The van der Waals surface area contributed by atoms with Gasteiger partial charge in [-0.3, -0.25) is 0 Å². The second kappa shape index (κ2) is 3.18. The van der Waals surface area contributed by atoms with Crippen LogP contribution >= 0.6 is 11.3 Å². The molecule has 74 valence electrons. The molecule has 0 spiro atoms. The average molecular weight is 209 g/mol. The van der Waals surface area contributed by atoms with Crippen LogP contribution in [-0.2, 0) is 5.54 Å². The summed E-state index contributed by atoms with van der Waals surface area (Å²) in [6.45, 7) is 3.66. The minimum Gasteiger partial charge on any atom is -0.337 e. The van der Waals surface area contributed by atoms with Crippen LogP contribution in [0.1, 0.15) is 19.7 Å². The van der Waals surface area contributed by atoms with Crippen molar-refractivity contribution in [3.8, 4) is 10.7 Å². The van der Waals surface area contributed by atoms with E-state index < -0.39 is 5.54 Å². The fourth-order valence-corrected chi connectivity index (χ4v) is 1.64. The van der Waals surface area contributed by atoms with Crippen molar-refractivity contribution >= 4 is 11.3 Å². The van der Waals surface area contributed by atoms with E-state index in [1.807, 2.05) is 31.4 Å². The van der Waals surface area contributed by atoms with Crippen LogP contribution in [-0.4, -0.2) is 10.1 Å². The highest BCUT2D eigenvalue weighted by Gasteiger charge is 2.22. The van der Waals surface area contributed by atoms with E-state index in [4.69, 9.17) is 10.3 Å². The van der Waals surface area contributed by atoms with Crippen LogP contribution in [0.15, 0.2) is 22.0 Å². The van der Waals surface area contributed by atoms with E-state index >= 15 is 0 Å². The maximum Gasteiger partial charge on any atom is 0.246 e. The molecule has 2 heterocycles. The number of rotatable bonds is 2. The smallest absolute Gasteiger partial charge is 0.246 e. The monoisotopic (exact) mass is 209 g/mol. The molecule has 0 atom stereocenters. The molecule has 2 aromatic rings. The summed E-state index contributed by atoms with van der Waals surface area (Å²) in [5.41, 5.74) is 5.25. The topological polar surface area (TPSA) is 64.9 Å². The molecule has 0 saturated heterocycles. The van der Waals surface area contributed by atoms with Gasteiger partial charge < -0.3 is 10.3 Å². The van der Waals surface area contributed by atoms with E-state index in [0.717, 1.165) is 4.88 Å². The highest BCUT2D eigenvalue weighted by molar-refractivity contribution is 7.13. The summed E-state index contributed by atoms with van der Waals surface area (Å²) >= 11 is 1.57. The molecular formula is C9H11N3OS. The van der Waals surface area contributed by atoms with Crippen molar-refractivity contribution in [3.63, 3.8) is 0 Å². The van der Waals surface area contributed by atoms with Gasteiger partial charge in [-0.15, -0.1) is 11.3 Å². The van der Waals surface area contributed by atoms with Gasteiger partial charge in [0.2, 0.25) is 11.7 Å². The Hall–Kier alpha value is -1.20. The highest BCUT2D eigenvalue weighted by atomic mass is 32.1. The van der Waals surface area contributed by atoms with Gasteiger partial charge in [-0.1, -0.05) is 11.2 Å². The lowest BCUT2D eigenvalue weighted by Crippen LogP contribution is -2.28. The Kier molecular flexibility index (Phi) is 2.13. The minimum atomic E-state index is -0.581. The van der Waals surface area contributed by atoms with Gasteiger partial charge in [0, 0.05) is 0 Å². The summed E-state index contributed by atoms with van der Waals surface area (Å²) in [5.74, 6) is 1.06. The van der Waals surface area contributed by atoms with Crippen LogP contribution < -0.4 is 5.73 Å². The molecule has 14 heavy (non-hydrogen) atoms. The minimum absolute atomic E-state index is 0.459. The lowest BCUT2D eigenvalue weighted by molar-refractivity contribution is 0.312. The summed E-state index contributed by atoms with van der Waals surface area (Å²) in [7, 11) is 0. The molecule has 0 fully saturated rings. The second-order valence-corrected chi connectivity index (χ2v) is 4.57. The number of nitrogens with zero attached hydrogens (tertiary/aromatic N) is 2. The third kappa shape index (κ3) is 1.69. The maximum absolute atomic E-state index is 5.83. The average Bonchev–Trinajstić information content (AvgIpc) is 2.73. The van der Waals surface area contributed by atoms with Crippen LogP contribution in [0.4, 0.5) is 0 Å². The van der Waals surface area contributed by atoms with Crippen molar-refractivity contribution in [2.75, 3.05) is 0 Å². The van der Waals surface area contributed by atoms with Crippen molar-refractivity contribution in [2.24, 2.45) is 5.73 Å². The van der Waals surface area contributed by atoms with Gasteiger partial charge in [-0.25, -0.2) is 0 Å². The van der Waals surface area contributed by atoms with Gasteiger partial charge >= 0.3 is 0 Å². The Balaban J connectivity index is 2.36. The van der Waals surface area contributed by atoms with Gasteiger partial charge in [0.05, 0.1) is 10.4 Å². The molecule has 0 aliphatic heterocycles. The summed E-state index contributed by atoms with van der Waals surface area (Å²) in [5, 5.41) is 5.84. The third-order valence-electron chi connectivity index (χ3n) is 1.72. The molecule has 0 aromatic carbocycles. The first-order chi connectivity index (χ1) is 6.57. The quantitative estimate of drug-likeness (QED) is 0.821. The molecule has 0 bridgehead atoms. The maximum atomic E-state index is 5.83. The Morgan fingerprint density at radius 3 is 2.79 bits per heavy atom. The number of hydrogen-bond donors (Lipinski definition) is 1. The zero-order chi connectivity index (χ0) is 10.2. The SMILES string of the molecule is CC(C)(N)c1nc(-c2cccs2)no1. The Labute approximate surface area is 85.7 Å². The summed E-state index contributed by atoms with van der Waals surface area (Å²) in [4.78, 5) is 5.22. The van der Waals surface area contributed by atoms with E-state index in [9.17, 15) is 0 Å². The standard InChI is InChI=1S/C9H11N3OS/c1-9(2,10)8-11-7(12-13-8)6-4-3-5-14-6/h3-5H,10H2,1-2H3. The van der Waals surface area contributed by atoms with Crippen molar-refractivity contribution in [2.45, 2.75) is 19.4 Å². The fourth-order valence-electron chi connectivity index (χ4n) is 0.991. The molecule has 2 aromatic heterocycles. The van der Waals surface area contributed by atoms with Gasteiger partial charge in [0.1, 0.15) is 0 Å². The van der Waals surface area contributed by atoms with Gasteiger partial charge in [0.15, 0.2) is 0 Å². The predicted molar refractivity (Wildman–Crippen MR) is 54.8 cm³/mol. The van der Waals surface area contributed by atoms with Crippen LogP contribution in [0.5, 0.6) is 0 Å². The largest absolute Gasteiger partial charge is 0.337 e. The molecule has 2 N–H and O–H groups in total. The highest BCUT2D eigenvalue weighted by Crippen LogP contribution is 2.23. The molecule has 0 aliphatic carbocycles. The van der Waals surface area contributed by atoms with Crippen molar-refractivity contribution < 1.29 is 4.52 Å². The number of thiophene rings is 1. The van der Waals surface area contributed by atoms with Gasteiger partial charge in [0.25, 0.3) is 0 Å². The number of nitrogens with two attached hydrogens (primary N) is 1. The van der Waals surface area contributed by atoms with E-state index in [1.165, 1.54) is 0 Å². The lowest BCUT2D eigenvalue weighted by atomic mass is 10.1. The zero-order valence-corrected chi connectivity index (χ0v) is 8.84. The van der Waals surface area contributed by atoms with Crippen LogP contribution in [0, 0.1) is 0 Å². The van der Waals surface area contributed by atoms with Crippen molar-refractivity contribution in [1.29, 1.82) is 0 Å². The summed E-state index contributed by atoms with van der Waals surface area (Å²) in [6, 6.07) is 3.90. The molecular weight excluding hydrogens is 198 g/mol. The first-order valence-corrected chi connectivity index (χ1v) is 5.12. The van der Waals surface area contributed by atoms with E-state index in [2.05, 4.69) is 10.1 Å². The molecule has 4 nitrogen and oxygen atoms in total. The molecule has 0 unspecified atom stereocenters. The van der Waals surface area contributed by atoms with Crippen LogP contribution in [0.3, 0.4) is 0 Å². The fraction of sp³-hybridized carbons (Fsp3) is 0.333. The molecule has 5 heteroatoms. The molecule has 0 aliphatic rings. The molecule has 2 rings (SSSR count). The molecule has 0 saturated carbocycles. The van der Waals surface area contributed by atoms with Crippen molar-refractivity contribution in [3.05, 3.63) is 23.4 Å². The first-order valence-electron chi connectivity index (χ1n) is 4.24. The lowest BCUT2D eigenvalue weighted by Gasteiger charge is -2.10. The third-order valence-corrected chi connectivity index (χ3v) is 2.58. The Morgan fingerprint density at radius 1 is 1.50 bits per heavy atom. The number of aromatic nitrogens is 2. The molecule has 0 amide bonds. The van der Waals surface area contributed by atoms with Gasteiger partial charge in [-0.2, -0.15) is 4.98 Å². The summed E-state index contributed by atoms with van der Waals surface area (Å²) in [6.07, 6.45) is 0. The predicted octanol–water partition coefficient (Wildman–Crippen LogP) is 1.99. The Morgan fingerprint density at radius 2 is 2.29 bits per heavy atom. The first kappa shape index (κ1) is 9.36. The van der Waals surface area contributed by atoms with E-state index in [1.54, 1.807) is 11.3 Å². The van der Waals surface area contributed by atoms with E-state index in [0.29, 0.717) is 11.7 Å². The number of hydrogen-bond acceptors (Lipinski definition) is 5. The normalized spacial score (nSPS) is 11.9. The van der Waals surface area contributed by atoms with E-state index in [-0.39, 0.29) is 0 Å². The van der Waals surface area contributed by atoms with Crippen molar-refractivity contribution in [1.82, 2.24) is 10.1 Å². The second-order valence-electron chi connectivity index (χ2n) is 3.62. The van der Waals surface area contributed by atoms with Gasteiger partial charge in [-0.05, 0) is 25.3 Å². The molecule has 0 radical (unpaired) electrons. The zero-order valence-electron chi connectivity index (χ0n) is 8.02. The van der Waals surface area contributed by atoms with Crippen LogP contribution in [0.2, 0.25) is 0 Å². The van der Waals surface area contributed by atoms with Crippen LogP contribution in [0.25, 0.3) is 10.7 Å². The Bertz CT molecular complexity index is 413. The summed E-state index contributed by atoms with van der Waals surface area (Å²) < 4.78 is 5.07.